The lowest BCUT2D eigenvalue weighted by Crippen LogP contribution is -2.23. The molecule has 0 radical (unpaired) electrons. The molecule has 0 spiro atoms. The van der Waals surface area contributed by atoms with E-state index in [2.05, 4.69) is 9.97 Å². The third-order valence-electron chi connectivity index (χ3n) is 1.61. The Morgan fingerprint density at radius 2 is 2.08 bits per heavy atom. The molecular weight excluding hydrogens is 162 g/mol. The van der Waals surface area contributed by atoms with Crippen LogP contribution in [0.5, 0.6) is 0 Å². The average molecular weight is 171 g/mol. The summed E-state index contributed by atoms with van der Waals surface area (Å²) < 4.78 is 1.94. The van der Waals surface area contributed by atoms with Crippen molar-refractivity contribution in [1.29, 1.82) is 0 Å². The molecule has 3 heteroatoms. The molecule has 2 aromatic rings. The highest BCUT2D eigenvalue weighted by Crippen LogP contribution is 1.89. The van der Waals surface area contributed by atoms with Gasteiger partial charge in [-0.1, -0.05) is 24.3 Å². The molecular formula is C10H9N3. The summed E-state index contributed by atoms with van der Waals surface area (Å²) in [6.07, 6.45) is 11.0. The highest BCUT2D eigenvalue weighted by atomic mass is 14.9. The second-order valence-electron chi connectivity index (χ2n) is 2.55. The quantitative estimate of drug-likeness (QED) is 0.630. The van der Waals surface area contributed by atoms with Gasteiger partial charge in [0.2, 0.25) is 0 Å². The molecule has 0 aliphatic rings. The highest BCUT2D eigenvalue weighted by Gasteiger charge is 1.87. The summed E-state index contributed by atoms with van der Waals surface area (Å²) in [5.74, 6) is 0.733. The van der Waals surface area contributed by atoms with E-state index in [1.165, 1.54) is 0 Å². The maximum Gasteiger partial charge on any atom is 0.174 e. The van der Waals surface area contributed by atoms with Gasteiger partial charge in [-0.15, -0.1) is 0 Å². The summed E-state index contributed by atoms with van der Waals surface area (Å²) in [6, 6.07) is 5.91. The molecule has 0 bridgehead atoms. The van der Waals surface area contributed by atoms with Crippen LogP contribution in [0.1, 0.15) is 5.82 Å². The second kappa shape index (κ2) is 3.67. The van der Waals surface area contributed by atoms with E-state index < -0.39 is 0 Å². The van der Waals surface area contributed by atoms with Crippen LogP contribution in [-0.2, 0) is 0 Å². The summed E-state index contributed by atoms with van der Waals surface area (Å²) in [5.41, 5.74) is 0. The van der Waals surface area contributed by atoms with Crippen LogP contribution in [0.4, 0.5) is 0 Å². The van der Waals surface area contributed by atoms with Gasteiger partial charge in [-0.2, -0.15) is 4.57 Å². The molecule has 0 aromatic carbocycles. The van der Waals surface area contributed by atoms with Gasteiger partial charge in [0.1, 0.15) is 0 Å². The first kappa shape index (κ1) is 7.73. The summed E-state index contributed by atoms with van der Waals surface area (Å²) in [5, 5.41) is 0. The normalized spacial score (nSPS) is 10.8. The molecule has 0 fully saturated rings. The van der Waals surface area contributed by atoms with Crippen molar-refractivity contribution < 1.29 is 4.57 Å². The maximum atomic E-state index is 4.02. The van der Waals surface area contributed by atoms with E-state index in [4.69, 9.17) is 0 Å². The Labute approximate surface area is 76.4 Å². The van der Waals surface area contributed by atoms with E-state index in [1.54, 1.807) is 12.4 Å². The maximum absolute atomic E-state index is 4.02. The standard InChI is InChI=1S/C10H9N3/c1-2-7-13(8-3-1)9-4-10-11-5-6-12-10/h1-9H/b9-4+. The van der Waals surface area contributed by atoms with Crippen molar-refractivity contribution in [3.8, 4) is 0 Å². The molecule has 0 saturated carbocycles. The molecule has 0 aliphatic carbocycles. The van der Waals surface area contributed by atoms with Gasteiger partial charge in [-0.05, 0) is 0 Å². The zero-order valence-corrected chi connectivity index (χ0v) is 7.04. The molecule has 2 rings (SSSR count). The molecule has 2 heterocycles. The molecule has 0 amide bonds. The Morgan fingerprint density at radius 1 is 1.23 bits per heavy atom. The van der Waals surface area contributed by atoms with Crippen LogP contribution in [0.3, 0.4) is 0 Å². The van der Waals surface area contributed by atoms with E-state index in [1.807, 2.05) is 47.4 Å². The van der Waals surface area contributed by atoms with Crippen molar-refractivity contribution in [2.45, 2.75) is 0 Å². The van der Waals surface area contributed by atoms with Gasteiger partial charge in [-0.3, -0.25) is 0 Å². The summed E-state index contributed by atoms with van der Waals surface area (Å²) >= 11 is 0. The number of nitrogens with zero attached hydrogens (tertiary/aromatic N) is 3. The van der Waals surface area contributed by atoms with E-state index >= 15 is 0 Å². The van der Waals surface area contributed by atoms with Crippen LogP contribution in [0.25, 0.3) is 12.3 Å². The van der Waals surface area contributed by atoms with E-state index in [0.717, 1.165) is 5.82 Å². The molecule has 13 heavy (non-hydrogen) atoms. The van der Waals surface area contributed by atoms with Gasteiger partial charge in [0.15, 0.2) is 18.6 Å². The Kier molecular flexibility index (Phi) is 2.18. The van der Waals surface area contributed by atoms with E-state index in [9.17, 15) is 0 Å². The minimum Gasteiger partial charge on any atom is -0.443 e. The van der Waals surface area contributed by atoms with Gasteiger partial charge in [0, 0.05) is 18.2 Å². The van der Waals surface area contributed by atoms with E-state index in [0.29, 0.717) is 0 Å². The first-order valence-electron chi connectivity index (χ1n) is 4.03. The molecule has 0 atom stereocenters. The van der Waals surface area contributed by atoms with Crippen LogP contribution >= 0.6 is 0 Å². The van der Waals surface area contributed by atoms with Crippen LogP contribution in [0, 0.1) is 0 Å². The van der Waals surface area contributed by atoms with Crippen molar-refractivity contribution in [2.75, 3.05) is 0 Å². The summed E-state index contributed by atoms with van der Waals surface area (Å²) in [7, 11) is 0. The first-order chi connectivity index (χ1) is 6.45. The Balaban J connectivity index is 2.15. The predicted octanol–water partition coefficient (Wildman–Crippen LogP) is 0.954. The van der Waals surface area contributed by atoms with Gasteiger partial charge < -0.3 is 9.97 Å². The molecule has 0 N–H and O–H groups in total. The third-order valence-corrected chi connectivity index (χ3v) is 1.61. The Hall–Kier alpha value is -1.90. The predicted molar refractivity (Wildman–Crippen MR) is 49.4 cm³/mol. The van der Waals surface area contributed by atoms with Gasteiger partial charge >= 0.3 is 0 Å². The zero-order valence-electron chi connectivity index (χ0n) is 7.04. The number of imidazole rings is 1. The van der Waals surface area contributed by atoms with Crippen molar-refractivity contribution in [3.05, 3.63) is 48.8 Å². The van der Waals surface area contributed by atoms with Gasteiger partial charge in [-0.25, -0.2) is 0 Å². The summed E-state index contributed by atoms with van der Waals surface area (Å²) in [6.45, 7) is 0. The lowest BCUT2D eigenvalue weighted by Gasteiger charge is -1.90. The fraction of sp³-hybridized carbons (Fsp3) is 0. The van der Waals surface area contributed by atoms with Gasteiger partial charge in [0.05, 0.1) is 0 Å². The Morgan fingerprint density at radius 3 is 2.77 bits per heavy atom. The van der Waals surface area contributed by atoms with Crippen LogP contribution < -0.4 is 9.55 Å². The van der Waals surface area contributed by atoms with Crippen molar-refractivity contribution >= 4 is 12.3 Å². The van der Waals surface area contributed by atoms with E-state index in [-0.39, 0.29) is 0 Å². The van der Waals surface area contributed by atoms with Crippen molar-refractivity contribution in [2.24, 2.45) is 0 Å². The molecule has 2 aromatic heterocycles. The van der Waals surface area contributed by atoms with Crippen molar-refractivity contribution in [1.82, 2.24) is 9.97 Å². The second-order valence-corrected chi connectivity index (χ2v) is 2.55. The number of hydrogen-bond acceptors (Lipinski definition) is 1. The molecule has 3 nitrogen and oxygen atoms in total. The largest absolute Gasteiger partial charge is 0.443 e. The fourth-order valence-corrected chi connectivity index (χ4v) is 1.00. The minimum absolute atomic E-state index is 0.733. The molecule has 64 valence electrons. The smallest absolute Gasteiger partial charge is 0.174 e. The number of pyridine rings is 1. The van der Waals surface area contributed by atoms with Crippen LogP contribution in [0.15, 0.2) is 43.0 Å². The first-order valence-corrected chi connectivity index (χ1v) is 4.03. The lowest BCUT2D eigenvalue weighted by molar-refractivity contribution is -0.567. The third kappa shape index (κ3) is 2.02. The average Bonchev–Trinajstić information content (AvgIpc) is 2.69. The van der Waals surface area contributed by atoms with Gasteiger partial charge in [0.25, 0.3) is 0 Å². The van der Waals surface area contributed by atoms with Crippen LogP contribution in [-0.4, -0.2) is 4.98 Å². The monoisotopic (exact) mass is 171 g/mol. The summed E-state index contributed by atoms with van der Waals surface area (Å²) in [4.78, 5) is 8.04. The molecule has 0 aliphatic heterocycles. The topological polar surface area (TPSA) is 30.9 Å². The molecule has 0 saturated heterocycles. The minimum atomic E-state index is 0.733. The number of aromatic nitrogens is 3. The highest BCUT2D eigenvalue weighted by molar-refractivity contribution is 5.49. The lowest BCUT2D eigenvalue weighted by atomic mass is 10.5. The van der Waals surface area contributed by atoms with Crippen molar-refractivity contribution in [3.63, 3.8) is 0 Å². The number of hydrogen-bond donors (Lipinski definition) is 0. The zero-order chi connectivity index (χ0) is 8.93. The van der Waals surface area contributed by atoms with Crippen LogP contribution in [0.2, 0.25) is 0 Å². The SMILES string of the molecule is C(=C\[n+]1ccccc1)/c1ncc[n-]1. The molecule has 0 unspecified atom stereocenters. The fourth-order valence-electron chi connectivity index (χ4n) is 1.00. The number of rotatable bonds is 2. The Bertz CT molecular complexity index is 376.